The number of carbonyl (C=O) groups is 2. The van der Waals surface area contributed by atoms with Gasteiger partial charge in [-0.3, -0.25) is 19.6 Å². The van der Waals surface area contributed by atoms with Gasteiger partial charge in [0.25, 0.3) is 0 Å². The van der Waals surface area contributed by atoms with Gasteiger partial charge in [0.2, 0.25) is 5.91 Å². The van der Waals surface area contributed by atoms with Crippen LogP contribution in [-0.2, 0) is 14.3 Å². The SMILES string of the molecule is COCCN(CCOC)C(=O)CN1C(=O)N2CCN=C2c2cnn(-c3ccccc3)c21. The maximum atomic E-state index is 13.3. The van der Waals surface area contributed by atoms with Gasteiger partial charge < -0.3 is 14.4 Å². The third-order valence-electron chi connectivity index (χ3n) is 5.32. The number of aromatic nitrogens is 2. The van der Waals surface area contributed by atoms with Crippen molar-refractivity contribution in [3.63, 3.8) is 0 Å². The summed E-state index contributed by atoms with van der Waals surface area (Å²) in [4.78, 5) is 35.8. The van der Waals surface area contributed by atoms with E-state index in [1.54, 1.807) is 34.9 Å². The molecule has 2 aliphatic rings. The van der Waals surface area contributed by atoms with E-state index in [0.29, 0.717) is 51.0 Å². The summed E-state index contributed by atoms with van der Waals surface area (Å²) < 4.78 is 12.0. The summed E-state index contributed by atoms with van der Waals surface area (Å²) in [6, 6.07) is 9.26. The number of rotatable bonds is 9. The highest BCUT2D eigenvalue weighted by Gasteiger charge is 2.41. The molecule has 0 saturated heterocycles. The van der Waals surface area contributed by atoms with E-state index in [9.17, 15) is 9.59 Å². The minimum atomic E-state index is -0.270. The number of nitrogens with zero attached hydrogens (tertiary/aromatic N) is 6. The molecule has 3 amide bonds. The Kier molecular flexibility index (Phi) is 6.28. The average molecular weight is 426 g/mol. The van der Waals surface area contributed by atoms with Gasteiger partial charge in [0.15, 0.2) is 5.82 Å². The van der Waals surface area contributed by atoms with E-state index in [1.807, 2.05) is 30.3 Å². The second-order valence-corrected chi connectivity index (χ2v) is 7.22. The van der Waals surface area contributed by atoms with Crippen molar-refractivity contribution in [2.24, 2.45) is 4.99 Å². The van der Waals surface area contributed by atoms with Crippen LogP contribution in [0.15, 0.2) is 41.5 Å². The molecule has 0 atom stereocenters. The van der Waals surface area contributed by atoms with E-state index in [2.05, 4.69) is 10.1 Å². The van der Waals surface area contributed by atoms with Crippen LogP contribution < -0.4 is 4.90 Å². The van der Waals surface area contributed by atoms with Crippen molar-refractivity contribution in [2.75, 3.05) is 65.1 Å². The van der Waals surface area contributed by atoms with Crippen molar-refractivity contribution < 1.29 is 19.1 Å². The van der Waals surface area contributed by atoms with E-state index < -0.39 is 0 Å². The van der Waals surface area contributed by atoms with Gasteiger partial charge in [-0.05, 0) is 12.1 Å². The van der Waals surface area contributed by atoms with Crippen LogP contribution in [0.4, 0.5) is 10.6 Å². The first-order valence-electron chi connectivity index (χ1n) is 10.2. The fraction of sp³-hybridized carbons (Fsp3) is 0.429. The van der Waals surface area contributed by atoms with Crippen LogP contribution in [0.5, 0.6) is 0 Å². The highest BCUT2D eigenvalue weighted by molar-refractivity contribution is 6.20. The lowest BCUT2D eigenvalue weighted by Crippen LogP contribution is -2.54. The number of aliphatic imine (C=N–C) groups is 1. The fourth-order valence-corrected chi connectivity index (χ4v) is 3.76. The zero-order valence-electron chi connectivity index (χ0n) is 17.7. The van der Waals surface area contributed by atoms with Crippen molar-refractivity contribution >= 4 is 23.6 Å². The Morgan fingerprint density at radius 1 is 1.13 bits per heavy atom. The third-order valence-corrected chi connectivity index (χ3v) is 5.32. The Morgan fingerprint density at radius 3 is 2.52 bits per heavy atom. The minimum absolute atomic E-state index is 0.110. The zero-order valence-corrected chi connectivity index (χ0v) is 17.7. The Balaban J connectivity index is 1.69. The molecule has 31 heavy (non-hydrogen) atoms. The highest BCUT2D eigenvalue weighted by Crippen LogP contribution is 2.32. The smallest absolute Gasteiger partial charge is 0.331 e. The molecule has 0 spiro atoms. The lowest BCUT2D eigenvalue weighted by atomic mass is 10.2. The minimum Gasteiger partial charge on any atom is -0.383 e. The normalized spacial score (nSPS) is 15.0. The quantitative estimate of drug-likeness (QED) is 0.596. The number of hydrogen-bond donors (Lipinski definition) is 0. The molecule has 0 radical (unpaired) electrons. The first kappa shape index (κ1) is 21.0. The number of carbonyl (C=O) groups excluding carboxylic acids is 2. The standard InChI is InChI=1S/C21H26N6O4/c1-30-12-10-24(11-13-31-2)18(28)15-26-20-17(19-22-8-9-25(19)21(26)29)14-23-27(20)16-6-4-3-5-7-16/h3-7,14H,8-13,15H2,1-2H3. The Bertz CT molecular complexity index is 966. The first-order valence-corrected chi connectivity index (χ1v) is 10.2. The Morgan fingerprint density at radius 2 is 1.84 bits per heavy atom. The molecule has 2 aromatic rings. The molecule has 2 aliphatic heterocycles. The summed E-state index contributed by atoms with van der Waals surface area (Å²) in [7, 11) is 3.18. The van der Waals surface area contributed by atoms with Crippen molar-refractivity contribution in [3.8, 4) is 5.69 Å². The summed E-state index contributed by atoms with van der Waals surface area (Å²) in [6.07, 6.45) is 1.71. The molecular formula is C21H26N6O4. The molecule has 0 bridgehead atoms. The molecule has 1 aromatic heterocycles. The number of amidine groups is 1. The zero-order chi connectivity index (χ0) is 21.8. The van der Waals surface area contributed by atoms with Gasteiger partial charge in [-0.1, -0.05) is 18.2 Å². The van der Waals surface area contributed by atoms with Crippen molar-refractivity contribution in [3.05, 3.63) is 42.1 Å². The van der Waals surface area contributed by atoms with Crippen LogP contribution in [0.1, 0.15) is 5.56 Å². The number of methoxy groups -OCH3 is 2. The van der Waals surface area contributed by atoms with Crippen LogP contribution in [-0.4, -0.2) is 97.5 Å². The molecule has 0 aliphatic carbocycles. The molecule has 0 unspecified atom stereocenters. The number of benzene rings is 1. The summed E-state index contributed by atoms with van der Waals surface area (Å²) in [5.41, 5.74) is 1.55. The van der Waals surface area contributed by atoms with E-state index in [1.165, 1.54) is 4.90 Å². The number of urea groups is 1. The number of para-hydroxylation sites is 1. The van der Waals surface area contributed by atoms with Crippen molar-refractivity contribution in [1.29, 1.82) is 0 Å². The maximum absolute atomic E-state index is 13.3. The van der Waals surface area contributed by atoms with Gasteiger partial charge in [-0.15, -0.1) is 0 Å². The Hall–Kier alpha value is -3.24. The number of fused-ring (bicyclic) bond motifs is 3. The fourth-order valence-electron chi connectivity index (χ4n) is 3.76. The molecule has 1 aromatic carbocycles. The molecule has 0 saturated carbocycles. The summed E-state index contributed by atoms with van der Waals surface area (Å²) in [5.74, 6) is 0.982. The van der Waals surface area contributed by atoms with Crippen LogP contribution in [0.25, 0.3) is 5.69 Å². The number of ether oxygens (including phenoxy) is 2. The van der Waals surface area contributed by atoms with Crippen LogP contribution >= 0.6 is 0 Å². The van der Waals surface area contributed by atoms with Crippen LogP contribution in [0.2, 0.25) is 0 Å². The summed E-state index contributed by atoms with van der Waals surface area (Å²) in [6.45, 7) is 2.56. The number of amides is 3. The Labute approximate surface area is 180 Å². The molecule has 10 heteroatoms. The monoisotopic (exact) mass is 426 g/mol. The van der Waals surface area contributed by atoms with Gasteiger partial charge in [0, 0.05) is 33.9 Å². The van der Waals surface area contributed by atoms with Gasteiger partial charge in [-0.25, -0.2) is 9.48 Å². The average Bonchev–Trinajstić information content (AvgIpc) is 3.44. The predicted molar refractivity (Wildman–Crippen MR) is 115 cm³/mol. The molecule has 10 nitrogen and oxygen atoms in total. The molecule has 164 valence electrons. The predicted octanol–water partition coefficient (Wildman–Crippen LogP) is 0.996. The van der Waals surface area contributed by atoms with Crippen molar-refractivity contribution in [2.45, 2.75) is 0 Å². The van der Waals surface area contributed by atoms with E-state index in [0.717, 1.165) is 11.3 Å². The van der Waals surface area contributed by atoms with Crippen LogP contribution in [0.3, 0.4) is 0 Å². The first-order chi connectivity index (χ1) is 15.2. The van der Waals surface area contributed by atoms with Gasteiger partial charge in [0.1, 0.15) is 12.4 Å². The lowest BCUT2D eigenvalue weighted by Gasteiger charge is -2.35. The van der Waals surface area contributed by atoms with Gasteiger partial charge in [-0.2, -0.15) is 5.10 Å². The van der Waals surface area contributed by atoms with Crippen molar-refractivity contribution in [1.82, 2.24) is 19.6 Å². The second kappa shape index (κ2) is 9.27. The number of anilines is 1. The topological polar surface area (TPSA) is 92.5 Å². The second-order valence-electron chi connectivity index (χ2n) is 7.22. The van der Waals surface area contributed by atoms with Gasteiger partial charge in [0.05, 0.1) is 37.2 Å². The van der Waals surface area contributed by atoms with Crippen LogP contribution in [0, 0.1) is 0 Å². The lowest BCUT2D eigenvalue weighted by molar-refractivity contribution is -0.130. The van der Waals surface area contributed by atoms with E-state index in [-0.39, 0.29) is 18.5 Å². The maximum Gasteiger partial charge on any atom is 0.331 e. The van der Waals surface area contributed by atoms with E-state index in [4.69, 9.17) is 9.47 Å². The van der Waals surface area contributed by atoms with E-state index >= 15 is 0 Å². The number of hydrogen-bond acceptors (Lipinski definition) is 6. The van der Waals surface area contributed by atoms with Gasteiger partial charge >= 0.3 is 6.03 Å². The molecule has 0 fully saturated rings. The molecular weight excluding hydrogens is 400 g/mol. The third kappa shape index (κ3) is 4.04. The highest BCUT2D eigenvalue weighted by atomic mass is 16.5. The molecule has 3 heterocycles. The molecule has 0 N–H and O–H groups in total. The summed E-state index contributed by atoms with van der Waals surface area (Å²) >= 11 is 0. The largest absolute Gasteiger partial charge is 0.383 e. The summed E-state index contributed by atoms with van der Waals surface area (Å²) in [5, 5.41) is 4.51. The molecule has 4 rings (SSSR count).